The number of fused-ring (bicyclic) bond motifs is 1. The van der Waals surface area contributed by atoms with Crippen LogP contribution in [0.3, 0.4) is 0 Å². The third kappa shape index (κ3) is 3.28. The summed E-state index contributed by atoms with van der Waals surface area (Å²) in [6.07, 6.45) is 7.92. The van der Waals surface area contributed by atoms with E-state index in [0.29, 0.717) is 5.95 Å². The van der Waals surface area contributed by atoms with Crippen molar-refractivity contribution in [3.63, 3.8) is 0 Å². The molecule has 1 aliphatic rings. The molecule has 114 valence electrons. The van der Waals surface area contributed by atoms with E-state index >= 15 is 0 Å². The third-order valence-electron chi connectivity index (χ3n) is 4.30. The predicted molar refractivity (Wildman–Crippen MR) is 91.4 cm³/mol. The summed E-state index contributed by atoms with van der Waals surface area (Å²) in [5, 5.41) is 7.83. The molecule has 2 heterocycles. The van der Waals surface area contributed by atoms with Crippen molar-refractivity contribution < 1.29 is 0 Å². The molecule has 3 rings (SSSR count). The van der Waals surface area contributed by atoms with E-state index in [1.165, 1.54) is 42.4 Å². The van der Waals surface area contributed by atoms with Gasteiger partial charge in [-0.1, -0.05) is 26.2 Å². The fourth-order valence-corrected chi connectivity index (χ4v) is 3.99. The summed E-state index contributed by atoms with van der Waals surface area (Å²) in [6, 6.07) is 2.24. The number of nitrogens with one attached hydrogen (secondary N) is 2. The molecule has 0 spiro atoms. The fraction of sp³-hybridized carbons (Fsp3) is 0.625. The van der Waals surface area contributed by atoms with Crippen molar-refractivity contribution in [3.8, 4) is 0 Å². The topological polar surface area (TPSA) is 49.8 Å². The lowest BCUT2D eigenvalue weighted by Crippen LogP contribution is -2.18. The molecule has 2 N–H and O–H groups in total. The van der Waals surface area contributed by atoms with Gasteiger partial charge >= 0.3 is 0 Å². The first-order valence-electron chi connectivity index (χ1n) is 8.02. The van der Waals surface area contributed by atoms with Crippen LogP contribution in [0.4, 0.5) is 11.8 Å². The second-order valence-electron chi connectivity index (χ2n) is 5.82. The lowest BCUT2D eigenvalue weighted by atomic mass is 9.89. The molecule has 21 heavy (non-hydrogen) atoms. The predicted octanol–water partition coefficient (Wildman–Crippen LogP) is 4.29. The number of thiophene rings is 1. The van der Waals surface area contributed by atoms with Crippen LogP contribution in [0.5, 0.6) is 0 Å². The highest BCUT2D eigenvalue weighted by molar-refractivity contribution is 7.18. The first-order valence-corrected chi connectivity index (χ1v) is 8.84. The van der Waals surface area contributed by atoms with Gasteiger partial charge in [0, 0.05) is 18.5 Å². The first-order chi connectivity index (χ1) is 10.3. The third-order valence-corrected chi connectivity index (χ3v) is 5.47. The molecule has 0 aromatic carbocycles. The number of nitrogens with zero attached hydrogens (tertiary/aromatic N) is 2. The Labute approximate surface area is 130 Å². The molecular formula is C16H24N4S. The summed E-state index contributed by atoms with van der Waals surface area (Å²) >= 11 is 1.77. The molecule has 5 heteroatoms. The van der Waals surface area contributed by atoms with Crippen molar-refractivity contribution >= 4 is 33.3 Å². The molecule has 0 aliphatic heterocycles. The Morgan fingerprint density at radius 3 is 2.76 bits per heavy atom. The van der Waals surface area contributed by atoms with Crippen molar-refractivity contribution in [2.24, 2.45) is 5.92 Å². The van der Waals surface area contributed by atoms with Crippen LogP contribution in [-0.2, 0) is 6.42 Å². The van der Waals surface area contributed by atoms with Crippen molar-refractivity contribution in [1.29, 1.82) is 0 Å². The molecular weight excluding hydrogens is 280 g/mol. The molecule has 0 bridgehead atoms. The number of anilines is 2. The van der Waals surface area contributed by atoms with Gasteiger partial charge in [0.15, 0.2) is 0 Å². The molecule has 1 fully saturated rings. The monoisotopic (exact) mass is 304 g/mol. The van der Waals surface area contributed by atoms with E-state index in [0.717, 1.165) is 29.5 Å². The van der Waals surface area contributed by atoms with Crippen LogP contribution in [0.25, 0.3) is 10.2 Å². The van der Waals surface area contributed by atoms with Crippen molar-refractivity contribution in [2.45, 2.75) is 45.4 Å². The second-order valence-corrected chi connectivity index (χ2v) is 6.93. The van der Waals surface area contributed by atoms with Crippen LogP contribution in [0.15, 0.2) is 6.07 Å². The van der Waals surface area contributed by atoms with E-state index in [1.54, 1.807) is 11.3 Å². The Kier molecular flexibility index (Phi) is 4.58. The minimum Gasteiger partial charge on any atom is -0.369 e. The van der Waals surface area contributed by atoms with E-state index in [-0.39, 0.29) is 0 Å². The zero-order valence-electron chi connectivity index (χ0n) is 12.9. The minimum absolute atomic E-state index is 0.707. The van der Waals surface area contributed by atoms with Gasteiger partial charge in [0.05, 0.1) is 5.39 Å². The van der Waals surface area contributed by atoms with Gasteiger partial charge in [0.25, 0.3) is 0 Å². The molecule has 2 aromatic rings. The molecule has 4 nitrogen and oxygen atoms in total. The summed E-state index contributed by atoms with van der Waals surface area (Å²) in [5.74, 6) is 2.50. The van der Waals surface area contributed by atoms with E-state index in [2.05, 4.69) is 33.6 Å². The summed E-state index contributed by atoms with van der Waals surface area (Å²) in [4.78, 5) is 11.6. The Bertz CT molecular complexity index is 602. The van der Waals surface area contributed by atoms with Crippen LogP contribution >= 0.6 is 11.3 Å². The maximum atomic E-state index is 4.62. The molecule has 2 aromatic heterocycles. The normalized spacial score (nSPS) is 16.3. The fourth-order valence-electron chi connectivity index (χ4n) is 3.02. The van der Waals surface area contributed by atoms with Crippen LogP contribution in [0.2, 0.25) is 0 Å². The molecule has 1 aliphatic carbocycles. The standard InChI is InChI=1S/C16H24N4S/c1-3-12-9-13-14(18-10-11-7-5-4-6-8-11)19-16(17-2)20-15(13)21-12/h9,11H,3-8,10H2,1-2H3,(H2,17,18,19,20). The molecule has 0 saturated heterocycles. The summed E-state index contributed by atoms with van der Waals surface area (Å²) in [5.41, 5.74) is 0. The number of hydrogen-bond donors (Lipinski definition) is 2. The number of aryl methyl sites for hydroxylation is 1. The molecule has 1 saturated carbocycles. The summed E-state index contributed by atoms with van der Waals surface area (Å²) in [6.45, 7) is 3.22. The van der Waals surface area contributed by atoms with Crippen LogP contribution in [-0.4, -0.2) is 23.6 Å². The highest BCUT2D eigenvalue weighted by Crippen LogP contribution is 2.31. The van der Waals surface area contributed by atoms with Crippen LogP contribution in [0.1, 0.15) is 43.9 Å². The Morgan fingerprint density at radius 1 is 1.24 bits per heavy atom. The van der Waals surface area contributed by atoms with Gasteiger partial charge in [-0.3, -0.25) is 0 Å². The lowest BCUT2D eigenvalue weighted by Gasteiger charge is -2.22. The summed E-state index contributed by atoms with van der Waals surface area (Å²) in [7, 11) is 1.88. The highest BCUT2D eigenvalue weighted by Gasteiger charge is 2.15. The number of hydrogen-bond acceptors (Lipinski definition) is 5. The van der Waals surface area contributed by atoms with Crippen molar-refractivity contribution in [1.82, 2.24) is 9.97 Å². The van der Waals surface area contributed by atoms with Gasteiger partial charge < -0.3 is 10.6 Å². The Hall–Kier alpha value is -1.36. The maximum Gasteiger partial charge on any atom is 0.225 e. The molecule has 0 unspecified atom stereocenters. The van der Waals surface area contributed by atoms with Gasteiger partial charge in [-0.2, -0.15) is 4.98 Å². The number of rotatable bonds is 5. The van der Waals surface area contributed by atoms with E-state index in [9.17, 15) is 0 Å². The molecule has 0 radical (unpaired) electrons. The average Bonchev–Trinajstić information content (AvgIpc) is 2.96. The van der Waals surface area contributed by atoms with Gasteiger partial charge in [0.2, 0.25) is 5.95 Å². The van der Waals surface area contributed by atoms with Gasteiger partial charge in [-0.25, -0.2) is 4.98 Å². The quantitative estimate of drug-likeness (QED) is 0.865. The van der Waals surface area contributed by atoms with E-state index in [1.807, 2.05) is 7.05 Å². The van der Waals surface area contributed by atoms with Gasteiger partial charge in [-0.15, -0.1) is 11.3 Å². The van der Waals surface area contributed by atoms with Crippen LogP contribution < -0.4 is 10.6 Å². The highest BCUT2D eigenvalue weighted by atomic mass is 32.1. The summed E-state index contributed by atoms with van der Waals surface area (Å²) < 4.78 is 0. The van der Waals surface area contributed by atoms with Gasteiger partial charge in [-0.05, 0) is 31.2 Å². The largest absolute Gasteiger partial charge is 0.369 e. The first kappa shape index (κ1) is 14.6. The zero-order chi connectivity index (χ0) is 14.7. The van der Waals surface area contributed by atoms with E-state index in [4.69, 9.17) is 0 Å². The minimum atomic E-state index is 0.707. The maximum absolute atomic E-state index is 4.62. The SMILES string of the molecule is CCc1cc2c(NCC3CCCCC3)nc(NC)nc2s1. The second kappa shape index (κ2) is 6.60. The average molecular weight is 304 g/mol. The van der Waals surface area contributed by atoms with Crippen molar-refractivity contribution in [3.05, 3.63) is 10.9 Å². The van der Waals surface area contributed by atoms with Crippen LogP contribution in [0, 0.1) is 5.92 Å². The Balaban J connectivity index is 1.82. The van der Waals surface area contributed by atoms with E-state index < -0.39 is 0 Å². The smallest absolute Gasteiger partial charge is 0.225 e. The van der Waals surface area contributed by atoms with Crippen molar-refractivity contribution in [2.75, 3.05) is 24.2 Å². The molecule has 0 amide bonds. The molecule has 0 atom stereocenters. The Morgan fingerprint density at radius 2 is 2.05 bits per heavy atom. The lowest BCUT2D eigenvalue weighted by molar-refractivity contribution is 0.373. The number of aromatic nitrogens is 2. The zero-order valence-corrected chi connectivity index (χ0v) is 13.7. The van der Waals surface area contributed by atoms with Gasteiger partial charge in [0.1, 0.15) is 10.6 Å².